The zero-order valence-corrected chi connectivity index (χ0v) is 8.24. The van der Waals surface area contributed by atoms with Gasteiger partial charge in [0.15, 0.2) is 15.2 Å². The normalized spacial score (nSPS) is 9.70. The van der Waals surface area contributed by atoms with Crippen LogP contribution in [-0.4, -0.2) is 29.9 Å². The first kappa shape index (κ1) is 13.2. The van der Waals surface area contributed by atoms with Crippen LogP contribution in [0.5, 0.6) is 0 Å². The van der Waals surface area contributed by atoms with Gasteiger partial charge in [0.05, 0.1) is 0 Å². The molecule has 0 rings (SSSR count). The Morgan fingerprint density at radius 2 is 1.40 bits per heavy atom. The Morgan fingerprint density at radius 3 is 1.40 bits per heavy atom. The van der Waals surface area contributed by atoms with Gasteiger partial charge in [0, 0.05) is 0 Å². The van der Waals surface area contributed by atoms with E-state index >= 15 is 0 Å². The van der Waals surface area contributed by atoms with Crippen molar-refractivity contribution in [3.63, 3.8) is 0 Å². The summed E-state index contributed by atoms with van der Waals surface area (Å²) < 4.78 is 8.88. The first-order valence-electron chi connectivity index (χ1n) is 3.01. The van der Waals surface area contributed by atoms with Crippen molar-refractivity contribution >= 4 is 23.0 Å². The number of rotatable bonds is 2. The van der Waals surface area contributed by atoms with Crippen molar-refractivity contribution in [2.45, 2.75) is 24.4 Å². The predicted octanol–water partition coefficient (Wildman–Crippen LogP) is 0.638. The summed E-state index contributed by atoms with van der Waals surface area (Å²) in [7, 11) is -4.64. The Morgan fingerprint density at radius 1 is 1.20 bits per heavy atom. The molecule has 0 unspecified atom stereocenters. The molecule has 0 heterocycles. The van der Waals surface area contributed by atoms with Crippen LogP contribution in [0, 0.1) is 0 Å². The molecule has 0 aliphatic carbocycles. The molecule has 4 nitrogen and oxygen atoms in total. The van der Waals surface area contributed by atoms with Crippen LogP contribution in [0.1, 0.15) is 13.8 Å². The zero-order valence-electron chi connectivity index (χ0n) is 6.19. The van der Waals surface area contributed by atoms with Crippen LogP contribution in [0.15, 0.2) is 0 Å². The molecule has 0 spiro atoms. The number of hydrogen-bond acceptors (Lipinski definition) is 1. The predicted molar refractivity (Wildman–Crippen MR) is 41.0 cm³/mol. The minimum atomic E-state index is -4.64. The van der Waals surface area contributed by atoms with Crippen LogP contribution in [0.2, 0.25) is 10.6 Å². The molecule has 0 aromatic heterocycles. The van der Waals surface area contributed by atoms with Gasteiger partial charge in [0.2, 0.25) is 0 Å². The van der Waals surface area contributed by atoms with Crippen LogP contribution in [-0.2, 0) is 4.57 Å². The summed E-state index contributed by atoms with van der Waals surface area (Å²) in [5.41, 5.74) is 0. The minimum absolute atomic E-state index is 0.815. The van der Waals surface area contributed by atoms with E-state index in [9.17, 15) is 0 Å². The third kappa shape index (κ3) is 72.3. The topological polar surface area (TPSA) is 77.8 Å². The van der Waals surface area contributed by atoms with E-state index in [1.54, 1.807) is 0 Å². The van der Waals surface area contributed by atoms with E-state index in [4.69, 9.17) is 19.2 Å². The molecule has 0 saturated carbocycles. The Balaban J connectivity index is 0. The maximum Gasteiger partial charge on any atom is 0.466 e. The molecular formula is C4H13AlO4P. The van der Waals surface area contributed by atoms with E-state index in [1.165, 1.54) is 10.6 Å². The second-order valence-corrected chi connectivity index (χ2v) is 4.86. The molecule has 0 aromatic rings. The second kappa shape index (κ2) is 7.75. The molecule has 0 aromatic carbocycles. The first-order valence-corrected chi connectivity index (χ1v) is 6.21. The van der Waals surface area contributed by atoms with Crippen LogP contribution >= 0.6 is 7.82 Å². The Bertz CT molecular complexity index is 91.2. The Kier molecular flexibility index (Phi) is 10.3. The van der Waals surface area contributed by atoms with Crippen LogP contribution in [0.25, 0.3) is 0 Å². The molecule has 0 aliphatic rings. The van der Waals surface area contributed by atoms with Gasteiger partial charge in [-0.25, -0.2) is 4.57 Å². The highest BCUT2D eigenvalue weighted by atomic mass is 31.2. The van der Waals surface area contributed by atoms with Gasteiger partial charge in [-0.2, -0.15) is 0 Å². The largest absolute Gasteiger partial charge is 0.466 e. The van der Waals surface area contributed by atoms with Crippen molar-refractivity contribution in [2.24, 2.45) is 0 Å². The summed E-state index contributed by atoms with van der Waals surface area (Å²) in [6.45, 7) is 4.50. The van der Waals surface area contributed by atoms with Gasteiger partial charge in [-0.1, -0.05) is 13.8 Å². The third-order valence-corrected chi connectivity index (χ3v) is 1.73. The van der Waals surface area contributed by atoms with Gasteiger partial charge < -0.3 is 14.7 Å². The maximum atomic E-state index is 8.88. The fraction of sp³-hybridized carbons (Fsp3) is 1.00. The average Bonchev–Trinajstić information content (AvgIpc) is 1.63. The number of hydrogen-bond donors (Lipinski definition) is 3. The van der Waals surface area contributed by atoms with E-state index in [1.807, 2.05) is 0 Å². The zero-order chi connectivity index (χ0) is 8.62. The lowest BCUT2D eigenvalue weighted by Crippen LogP contribution is -1.76. The van der Waals surface area contributed by atoms with Crippen molar-refractivity contribution in [3.8, 4) is 0 Å². The molecular weight excluding hydrogens is 170 g/mol. The first-order chi connectivity index (χ1) is 4.41. The van der Waals surface area contributed by atoms with Gasteiger partial charge in [-0.3, -0.25) is 0 Å². The summed E-state index contributed by atoms with van der Waals surface area (Å²) in [5, 5.41) is 2.85. The quantitative estimate of drug-likeness (QED) is 0.433. The molecule has 0 amide bonds. The lowest BCUT2D eigenvalue weighted by atomic mass is 10.9. The molecule has 0 atom stereocenters. The Labute approximate surface area is 67.2 Å². The summed E-state index contributed by atoms with van der Waals surface area (Å²) >= 11 is 0.815. The van der Waals surface area contributed by atoms with Gasteiger partial charge in [0.25, 0.3) is 0 Å². The summed E-state index contributed by atoms with van der Waals surface area (Å²) in [5.74, 6) is 0. The molecule has 3 N–H and O–H groups in total. The minimum Gasteiger partial charge on any atom is -0.303 e. The monoisotopic (exact) mass is 183 g/mol. The molecule has 61 valence electrons. The number of phosphoric acid groups is 1. The van der Waals surface area contributed by atoms with Crippen molar-refractivity contribution in [1.82, 2.24) is 0 Å². The van der Waals surface area contributed by atoms with Crippen LogP contribution in [0.4, 0.5) is 0 Å². The van der Waals surface area contributed by atoms with Crippen molar-refractivity contribution in [3.05, 3.63) is 0 Å². The van der Waals surface area contributed by atoms with E-state index < -0.39 is 7.82 Å². The van der Waals surface area contributed by atoms with Crippen LogP contribution in [0.3, 0.4) is 0 Å². The molecule has 0 aliphatic heterocycles. The fourth-order valence-electron chi connectivity index (χ4n) is 0.289. The standard InChI is InChI=1S/2C2H5.Al.H3O4P/c2*1-2;;1-5(2,3)4/h2*1H2,2H3;;(H3,1,2,3,4). The lowest BCUT2D eigenvalue weighted by Gasteiger charge is -1.82. The van der Waals surface area contributed by atoms with Crippen molar-refractivity contribution < 1.29 is 19.2 Å². The maximum absolute atomic E-state index is 8.88. The molecule has 6 heteroatoms. The lowest BCUT2D eigenvalue weighted by molar-refractivity contribution is 0.275. The fourth-order valence-corrected chi connectivity index (χ4v) is 0.866. The molecule has 0 fully saturated rings. The summed E-state index contributed by atoms with van der Waals surface area (Å²) in [6.07, 6.45) is 0. The van der Waals surface area contributed by atoms with Gasteiger partial charge in [-0.05, 0) is 0 Å². The molecule has 1 radical (unpaired) electrons. The molecule has 10 heavy (non-hydrogen) atoms. The highest BCUT2D eigenvalue weighted by Gasteiger charge is 2.00. The van der Waals surface area contributed by atoms with Crippen LogP contribution < -0.4 is 0 Å². The van der Waals surface area contributed by atoms with Gasteiger partial charge in [0.1, 0.15) is 0 Å². The highest BCUT2D eigenvalue weighted by Crippen LogP contribution is 2.25. The van der Waals surface area contributed by atoms with E-state index in [2.05, 4.69) is 13.8 Å². The van der Waals surface area contributed by atoms with E-state index in [-0.39, 0.29) is 0 Å². The third-order valence-electron chi connectivity index (χ3n) is 0.577. The van der Waals surface area contributed by atoms with E-state index in [0.717, 1.165) is 15.2 Å². The summed E-state index contributed by atoms with van der Waals surface area (Å²) in [4.78, 5) is 21.6. The highest BCUT2D eigenvalue weighted by molar-refractivity contribution is 7.45. The van der Waals surface area contributed by atoms with Gasteiger partial charge in [-0.15, -0.1) is 10.6 Å². The van der Waals surface area contributed by atoms with Crippen molar-refractivity contribution in [1.29, 1.82) is 0 Å². The summed E-state index contributed by atoms with van der Waals surface area (Å²) in [6, 6.07) is 0. The average molecular weight is 183 g/mol. The SMILES string of the molecule is C[CH2][Al][CH2]C.O=P(O)(O)O. The van der Waals surface area contributed by atoms with Gasteiger partial charge >= 0.3 is 7.82 Å². The Hall–Kier alpha value is 0.642. The second-order valence-electron chi connectivity index (χ2n) is 1.62. The smallest absolute Gasteiger partial charge is 0.303 e. The van der Waals surface area contributed by atoms with Crippen molar-refractivity contribution in [2.75, 3.05) is 0 Å². The van der Waals surface area contributed by atoms with E-state index in [0.29, 0.717) is 0 Å². The molecule has 0 saturated heterocycles. The molecule has 0 bridgehead atoms.